The van der Waals surface area contributed by atoms with Crippen molar-refractivity contribution in [2.75, 3.05) is 0 Å². The summed E-state index contributed by atoms with van der Waals surface area (Å²) < 4.78 is 71.1. The minimum Gasteiger partial charge on any atom is -0.508 e. The van der Waals surface area contributed by atoms with E-state index in [0.717, 1.165) is 37.1 Å². The largest absolute Gasteiger partial charge is 2.00 e. The zero-order valence-corrected chi connectivity index (χ0v) is 41.9. The Balaban J connectivity index is 0.000000198. The van der Waals surface area contributed by atoms with Gasteiger partial charge in [0.05, 0.1) is 11.1 Å². The van der Waals surface area contributed by atoms with Crippen LogP contribution in [0.25, 0.3) is 22.3 Å². The molecule has 9 heteroatoms. The summed E-state index contributed by atoms with van der Waals surface area (Å²) in [7, 11) is 0. The molecule has 2 N–H and O–H groups in total. The monoisotopic (exact) mass is 968 g/mol. The molecule has 0 atom stereocenters. The summed E-state index contributed by atoms with van der Waals surface area (Å²) in [6.07, 6.45) is -6.70. The third kappa shape index (κ3) is 13.7. The van der Waals surface area contributed by atoms with Crippen LogP contribution < -0.4 is 0 Å². The van der Waals surface area contributed by atoms with Crippen molar-refractivity contribution in [2.24, 2.45) is 0 Å². The summed E-state index contributed by atoms with van der Waals surface area (Å²) in [6.45, 7) is 27.2. The minimum absolute atomic E-state index is 0. The first-order valence-electron chi connectivity index (χ1n) is 21.4. The van der Waals surface area contributed by atoms with E-state index in [1.165, 1.54) is 78.9 Å². The number of phenols is 2. The van der Waals surface area contributed by atoms with Gasteiger partial charge in [-0.1, -0.05) is 143 Å². The third-order valence-corrected chi connectivity index (χ3v) is 11.3. The molecule has 342 valence electrons. The Labute approximate surface area is 401 Å². The first kappa shape index (κ1) is 53.0. The summed E-state index contributed by atoms with van der Waals surface area (Å²) in [5, 5.41) is 17.4. The molecule has 6 aromatic rings. The molecule has 0 saturated carbocycles. The summed E-state index contributed by atoms with van der Waals surface area (Å²) in [4.78, 5) is 0. The maximum absolute atomic E-state index is 11.9. The van der Waals surface area contributed by atoms with E-state index in [4.69, 9.17) is 10.2 Å². The van der Waals surface area contributed by atoms with Crippen LogP contribution in [0.2, 0.25) is 0 Å². The van der Waals surface area contributed by atoms with Crippen LogP contribution in [0.3, 0.4) is 0 Å². The Morgan fingerprint density at radius 3 is 0.969 bits per heavy atom. The van der Waals surface area contributed by atoms with Crippen molar-refractivity contribution < 1.29 is 62.8 Å². The van der Waals surface area contributed by atoms with Gasteiger partial charge in [-0.3, -0.25) is 0 Å². The van der Waals surface area contributed by atoms with Gasteiger partial charge in [-0.25, -0.2) is 0 Å². The molecule has 6 aromatic carbocycles. The predicted molar refractivity (Wildman–Crippen MR) is 248 cm³/mol. The number of halogens is 6. The van der Waals surface area contributed by atoms with Crippen molar-refractivity contribution in [1.29, 1.82) is 0 Å². The van der Waals surface area contributed by atoms with E-state index in [0.29, 0.717) is 12.1 Å². The van der Waals surface area contributed by atoms with Crippen LogP contribution in [0, 0.1) is 12.1 Å². The van der Waals surface area contributed by atoms with Gasteiger partial charge in [0.1, 0.15) is 11.5 Å². The Hall–Kier alpha value is -4.62. The Bertz CT molecular complexity index is 2290. The van der Waals surface area contributed by atoms with Gasteiger partial charge in [-0.05, 0) is 93.2 Å². The van der Waals surface area contributed by atoms with Crippen molar-refractivity contribution in [3.63, 3.8) is 0 Å². The standard InChI is InChI=1S/2C21H25.2C7H5F3O.Zr/c2*1-20(2,3)16-7-9-18-14(12-16)11-15-13-17(21(4,5)6)8-10-19(15)18;2*8-7(9,10)5-2-1-3-6(11)4-5;/h2*7-10,12H,11H2,1-6H3;2*1-4,11H;/q2*-1;;;+2. The number of hydrogen-bond acceptors (Lipinski definition) is 2. The molecule has 0 saturated heterocycles. The molecular formula is C56H60F6O2Zr. The molecule has 0 bridgehead atoms. The molecular weight excluding hydrogens is 910 g/mol. The molecule has 2 nitrogen and oxygen atoms in total. The molecule has 8 rings (SSSR count). The first-order valence-corrected chi connectivity index (χ1v) is 21.4. The van der Waals surface area contributed by atoms with Crippen molar-refractivity contribution in [3.8, 4) is 33.8 Å². The second-order valence-electron chi connectivity index (χ2n) is 20.7. The van der Waals surface area contributed by atoms with E-state index >= 15 is 0 Å². The quantitative estimate of drug-likeness (QED) is 0.117. The molecule has 65 heavy (non-hydrogen) atoms. The topological polar surface area (TPSA) is 40.5 Å². The maximum Gasteiger partial charge on any atom is 2.00 e. The number of aromatic hydroxyl groups is 2. The number of rotatable bonds is 0. The second kappa shape index (κ2) is 19.7. The Kier molecular flexibility index (Phi) is 16.1. The van der Waals surface area contributed by atoms with Gasteiger partial charge in [0.25, 0.3) is 0 Å². The van der Waals surface area contributed by atoms with Crippen LogP contribution in [0.4, 0.5) is 26.3 Å². The van der Waals surface area contributed by atoms with E-state index < -0.39 is 23.5 Å². The smallest absolute Gasteiger partial charge is 0.508 e. The van der Waals surface area contributed by atoms with Crippen LogP contribution in [-0.2, 0) is 73.1 Å². The fraction of sp³-hybridized carbons (Fsp3) is 0.357. The number of hydrogen-bond donors (Lipinski definition) is 2. The summed E-state index contributed by atoms with van der Waals surface area (Å²) in [6, 6.07) is 38.2. The van der Waals surface area contributed by atoms with Gasteiger partial charge >= 0.3 is 38.6 Å². The molecule has 0 spiro atoms. The molecule has 0 fully saturated rings. The predicted octanol–water partition coefficient (Wildman–Crippen LogP) is 16.1. The van der Waals surface area contributed by atoms with Gasteiger partial charge in [-0.15, -0.1) is 22.3 Å². The maximum atomic E-state index is 11.9. The normalized spacial score (nSPS) is 13.0. The van der Waals surface area contributed by atoms with Gasteiger partial charge in [0, 0.05) is 0 Å². The van der Waals surface area contributed by atoms with Gasteiger partial charge in [-0.2, -0.15) is 73.9 Å². The molecule has 2 aliphatic rings. The van der Waals surface area contributed by atoms with Gasteiger partial charge in [0.2, 0.25) is 0 Å². The Morgan fingerprint density at radius 2 is 0.708 bits per heavy atom. The molecule has 0 amide bonds. The zero-order chi connectivity index (χ0) is 47.8. The average Bonchev–Trinajstić information content (AvgIpc) is 3.73. The van der Waals surface area contributed by atoms with Crippen molar-refractivity contribution in [1.82, 2.24) is 0 Å². The van der Waals surface area contributed by atoms with E-state index in [2.05, 4.69) is 156 Å². The summed E-state index contributed by atoms with van der Waals surface area (Å²) >= 11 is 0. The van der Waals surface area contributed by atoms with E-state index in [9.17, 15) is 26.3 Å². The van der Waals surface area contributed by atoms with Crippen LogP contribution in [0.5, 0.6) is 11.5 Å². The average molecular weight is 970 g/mol. The Morgan fingerprint density at radius 1 is 0.385 bits per heavy atom. The van der Waals surface area contributed by atoms with Crippen LogP contribution in [0.15, 0.2) is 109 Å². The van der Waals surface area contributed by atoms with E-state index in [1.807, 2.05) is 0 Å². The second-order valence-corrected chi connectivity index (χ2v) is 20.7. The zero-order valence-electron chi connectivity index (χ0n) is 39.5. The fourth-order valence-corrected chi connectivity index (χ4v) is 7.42. The van der Waals surface area contributed by atoms with Crippen molar-refractivity contribution >= 4 is 0 Å². The third-order valence-electron chi connectivity index (χ3n) is 11.3. The van der Waals surface area contributed by atoms with E-state index in [-0.39, 0.29) is 59.4 Å². The summed E-state index contributed by atoms with van der Waals surface area (Å²) in [5.41, 5.74) is 15.7. The SMILES string of the molecule is CC(C)(C)c1[c-]c2c(cc1)-c1ccc(C(C)(C)C)cc1C2.CC(C)(C)c1[c-]c2c(cc1)-c1ccc(C(C)(C)C)cc1C2.Oc1cccc(C(F)(F)F)c1.Oc1cccc(C(F)(F)F)c1.[Zr+2]. The van der Waals surface area contributed by atoms with Gasteiger partial charge in [0.15, 0.2) is 0 Å². The number of phenolic OH excluding ortho intramolecular Hbond substituents is 2. The van der Waals surface area contributed by atoms with Crippen molar-refractivity contribution in [2.45, 2.75) is 130 Å². The number of benzene rings is 6. The number of fused-ring (bicyclic) bond motifs is 6. The van der Waals surface area contributed by atoms with Crippen LogP contribution in [-0.4, -0.2) is 10.2 Å². The molecule has 0 unspecified atom stereocenters. The molecule has 0 heterocycles. The molecule has 0 aliphatic heterocycles. The van der Waals surface area contributed by atoms with Crippen molar-refractivity contribution in [3.05, 3.63) is 177 Å². The number of alkyl halides is 6. The first-order chi connectivity index (χ1) is 29.3. The minimum atomic E-state index is -4.38. The van der Waals surface area contributed by atoms with E-state index in [1.54, 1.807) is 0 Å². The molecule has 2 aliphatic carbocycles. The van der Waals surface area contributed by atoms with Crippen LogP contribution >= 0.6 is 0 Å². The molecule has 0 aromatic heterocycles. The summed E-state index contributed by atoms with van der Waals surface area (Å²) in [5.74, 6) is -0.750. The molecule has 0 radical (unpaired) electrons. The van der Waals surface area contributed by atoms with Gasteiger partial charge < -0.3 is 10.2 Å². The fourth-order valence-electron chi connectivity index (χ4n) is 7.42. The van der Waals surface area contributed by atoms with Crippen LogP contribution in [0.1, 0.15) is 139 Å².